The second-order valence-electron chi connectivity index (χ2n) is 7.52. The normalized spacial score (nSPS) is 18.9. The van der Waals surface area contributed by atoms with Crippen molar-refractivity contribution in [2.24, 2.45) is 0 Å². The Hall–Kier alpha value is -3.52. The first-order valence-corrected chi connectivity index (χ1v) is 11.2. The first kappa shape index (κ1) is 20.7. The van der Waals surface area contributed by atoms with Crippen LogP contribution in [0.4, 0.5) is 5.69 Å². The van der Waals surface area contributed by atoms with Crippen molar-refractivity contribution in [2.75, 3.05) is 0 Å². The van der Waals surface area contributed by atoms with Crippen molar-refractivity contribution >= 4 is 21.6 Å². The lowest BCUT2D eigenvalue weighted by molar-refractivity contribution is -0.384. The summed E-state index contributed by atoms with van der Waals surface area (Å²) in [5, 5.41) is 11.1. The standard InChI is InChI=1S/C23H20N2O5S/c1-16-7-13-20(14-8-16)31(29,30)24-22(26)15-21(17-5-3-2-4-6-17)23(24)18-9-11-19(12-10-18)25(27)28/h2-14,21,23H,15H2,1H3/t21-,23+/m0/s1. The number of amides is 1. The number of hydrogen-bond acceptors (Lipinski definition) is 5. The Morgan fingerprint density at radius 2 is 1.52 bits per heavy atom. The molecule has 158 valence electrons. The fourth-order valence-corrected chi connectivity index (χ4v) is 5.59. The number of carbonyl (C=O) groups excluding carboxylic acids is 1. The second kappa shape index (κ2) is 7.96. The molecule has 0 aromatic heterocycles. The van der Waals surface area contributed by atoms with E-state index in [-0.39, 0.29) is 17.0 Å². The van der Waals surface area contributed by atoms with Crippen LogP contribution in [-0.2, 0) is 14.8 Å². The Morgan fingerprint density at radius 3 is 2.10 bits per heavy atom. The van der Waals surface area contributed by atoms with E-state index in [4.69, 9.17) is 0 Å². The number of sulfonamides is 1. The van der Waals surface area contributed by atoms with E-state index in [0.29, 0.717) is 5.56 Å². The minimum absolute atomic E-state index is 0.0246. The van der Waals surface area contributed by atoms with Crippen LogP contribution in [0.2, 0.25) is 0 Å². The van der Waals surface area contributed by atoms with Gasteiger partial charge >= 0.3 is 0 Å². The fourth-order valence-electron chi connectivity index (χ4n) is 3.98. The zero-order valence-electron chi connectivity index (χ0n) is 16.7. The maximum Gasteiger partial charge on any atom is 0.269 e. The molecule has 1 heterocycles. The molecule has 1 saturated heterocycles. The quantitative estimate of drug-likeness (QED) is 0.437. The van der Waals surface area contributed by atoms with E-state index in [1.165, 1.54) is 36.4 Å². The van der Waals surface area contributed by atoms with Crippen LogP contribution >= 0.6 is 0 Å². The Kier molecular flexibility index (Phi) is 5.32. The van der Waals surface area contributed by atoms with Gasteiger partial charge in [-0.1, -0.05) is 60.2 Å². The number of nitro benzene ring substituents is 1. The predicted octanol–water partition coefficient (Wildman–Crippen LogP) is 4.35. The van der Waals surface area contributed by atoms with Crippen molar-refractivity contribution in [3.63, 3.8) is 0 Å². The molecular formula is C23H20N2O5S. The summed E-state index contributed by atoms with van der Waals surface area (Å²) in [4.78, 5) is 23.6. The molecule has 0 radical (unpaired) electrons. The number of nitro groups is 1. The van der Waals surface area contributed by atoms with Crippen molar-refractivity contribution in [3.8, 4) is 0 Å². The van der Waals surface area contributed by atoms with Crippen molar-refractivity contribution < 1.29 is 18.1 Å². The number of aryl methyl sites for hydroxylation is 1. The summed E-state index contributed by atoms with van der Waals surface area (Å²) in [6.07, 6.45) is 0.0246. The molecule has 1 aliphatic heterocycles. The van der Waals surface area contributed by atoms with Crippen molar-refractivity contribution in [1.29, 1.82) is 0 Å². The SMILES string of the molecule is Cc1ccc(S(=O)(=O)N2C(=O)C[C@@H](c3ccccc3)[C@H]2c2ccc([N+](=O)[O-])cc2)cc1. The average molecular weight is 436 g/mol. The van der Waals surface area contributed by atoms with E-state index < -0.39 is 32.8 Å². The van der Waals surface area contributed by atoms with Crippen molar-refractivity contribution in [1.82, 2.24) is 4.31 Å². The van der Waals surface area contributed by atoms with Crippen LogP contribution < -0.4 is 0 Å². The van der Waals surface area contributed by atoms with Gasteiger partial charge < -0.3 is 0 Å². The molecular weight excluding hydrogens is 416 g/mol. The molecule has 0 saturated carbocycles. The van der Waals surface area contributed by atoms with E-state index in [0.717, 1.165) is 15.4 Å². The van der Waals surface area contributed by atoms with Gasteiger partial charge in [0.2, 0.25) is 5.91 Å². The number of non-ortho nitro benzene ring substituents is 1. The smallest absolute Gasteiger partial charge is 0.269 e. The number of carbonyl (C=O) groups is 1. The first-order valence-electron chi connectivity index (χ1n) is 9.72. The third kappa shape index (κ3) is 3.82. The summed E-state index contributed by atoms with van der Waals surface area (Å²) in [6.45, 7) is 1.85. The molecule has 0 aliphatic carbocycles. The monoisotopic (exact) mass is 436 g/mol. The van der Waals surface area contributed by atoms with Crippen LogP contribution in [0, 0.1) is 17.0 Å². The van der Waals surface area contributed by atoms with Crippen molar-refractivity contribution in [3.05, 3.63) is 106 Å². The first-order chi connectivity index (χ1) is 14.8. The fraction of sp³-hybridized carbons (Fsp3) is 0.174. The summed E-state index contributed by atoms with van der Waals surface area (Å²) in [6, 6.07) is 20.5. The second-order valence-corrected chi connectivity index (χ2v) is 9.34. The molecule has 1 amide bonds. The molecule has 3 aromatic carbocycles. The molecule has 0 N–H and O–H groups in total. The van der Waals surface area contributed by atoms with Gasteiger partial charge in [0.25, 0.3) is 15.7 Å². The van der Waals surface area contributed by atoms with Gasteiger partial charge in [-0.15, -0.1) is 0 Å². The molecule has 2 atom stereocenters. The Bertz CT molecular complexity index is 1220. The number of nitrogens with zero attached hydrogens (tertiary/aromatic N) is 2. The summed E-state index contributed by atoms with van der Waals surface area (Å²) in [5.41, 5.74) is 2.17. The van der Waals surface area contributed by atoms with Crippen LogP contribution in [0.5, 0.6) is 0 Å². The summed E-state index contributed by atoms with van der Waals surface area (Å²) >= 11 is 0. The van der Waals surface area contributed by atoms with Gasteiger partial charge in [-0.25, -0.2) is 12.7 Å². The van der Waals surface area contributed by atoms with Gasteiger partial charge in [-0.3, -0.25) is 14.9 Å². The van der Waals surface area contributed by atoms with Gasteiger partial charge in [0.1, 0.15) is 0 Å². The lowest BCUT2D eigenvalue weighted by atomic mass is 9.88. The zero-order chi connectivity index (χ0) is 22.2. The van der Waals surface area contributed by atoms with Gasteiger partial charge in [-0.05, 0) is 30.2 Å². The molecule has 0 spiro atoms. The third-order valence-electron chi connectivity index (χ3n) is 5.53. The molecule has 1 aliphatic rings. The minimum Gasteiger partial charge on any atom is -0.274 e. The van der Waals surface area contributed by atoms with Gasteiger partial charge in [-0.2, -0.15) is 0 Å². The van der Waals surface area contributed by atoms with Crippen LogP contribution in [0.25, 0.3) is 0 Å². The number of hydrogen-bond donors (Lipinski definition) is 0. The average Bonchev–Trinajstić information content (AvgIpc) is 3.12. The van der Waals surface area contributed by atoms with Crippen LogP contribution in [0.3, 0.4) is 0 Å². The highest BCUT2D eigenvalue weighted by atomic mass is 32.2. The third-order valence-corrected chi connectivity index (χ3v) is 7.34. The van der Waals surface area contributed by atoms with Crippen LogP contribution in [0.15, 0.2) is 83.8 Å². The molecule has 7 nitrogen and oxygen atoms in total. The molecule has 31 heavy (non-hydrogen) atoms. The topological polar surface area (TPSA) is 97.6 Å². The van der Waals surface area contributed by atoms with E-state index in [2.05, 4.69) is 0 Å². The van der Waals surface area contributed by atoms with Gasteiger partial charge in [0, 0.05) is 24.5 Å². The Balaban J connectivity index is 1.85. The maximum atomic E-state index is 13.5. The molecule has 8 heteroatoms. The van der Waals surface area contributed by atoms with Crippen LogP contribution in [-0.4, -0.2) is 23.6 Å². The maximum absolute atomic E-state index is 13.5. The highest BCUT2D eigenvalue weighted by Crippen LogP contribution is 2.47. The summed E-state index contributed by atoms with van der Waals surface area (Å²) in [7, 11) is -4.12. The van der Waals surface area contributed by atoms with E-state index in [1.807, 2.05) is 37.3 Å². The van der Waals surface area contributed by atoms with E-state index in [9.17, 15) is 23.3 Å². The molecule has 1 fully saturated rings. The Morgan fingerprint density at radius 1 is 0.903 bits per heavy atom. The van der Waals surface area contributed by atoms with Crippen molar-refractivity contribution in [2.45, 2.75) is 30.2 Å². The highest BCUT2D eigenvalue weighted by molar-refractivity contribution is 7.89. The van der Waals surface area contributed by atoms with Gasteiger partial charge in [0.05, 0.1) is 15.9 Å². The Labute approximate surface area is 180 Å². The lowest BCUT2D eigenvalue weighted by Gasteiger charge is -2.28. The number of rotatable bonds is 5. The molecule has 0 unspecified atom stereocenters. The number of benzene rings is 3. The van der Waals surface area contributed by atoms with Crippen LogP contribution in [0.1, 0.15) is 35.1 Å². The largest absolute Gasteiger partial charge is 0.274 e. The predicted molar refractivity (Wildman–Crippen MR) is 115 cm³/mol. The molecule has 3 aromatic rings. The van der Waals surface area contributed by atoms with E-state index >= 15 is 0 Å². The summed E-state index contributed by atoms with van der Waals surface area (Å²) in [5.74, 6) is -0.909. The highest BCUT2D eigenvalue weighted by Gasteiger charge is 2.48. The molecule has 0 bridgehead atoms. The lowest BCUT2D eigenvalue weighted by Crippen LogP contribution is -2.35. The minimum atomic E-state index is -4.12. The molecule has 4 rings (SSSR count). The van der Waals surface area contributed by atoms with Gasteiger partial charge in [0.15, 0.2) is 0 Å². The zero-order valence-corrected chi connectivity index (χ0v) is 17.5. The summed E-state index contributed by atoms with van der Waals surface area (Å²) < 4.78 is 27.9. The van der Waals surface area contributed by atoms with E-state index in [1.54, 1.807) is 12.1 Å².